The molecule has 0 aliphatic heterocycles. The van der Waals surface area contributed by atoms with Crippen molar-refractivity contribution in [1.82, 2.24) is 4.90 Å². The molecule has 0 saturated carbocycles. The minimum absolute atomic E-state index is 0.303. The summed E-state index contributed by atoms with van der Waals surface area (Å²) in [5.74, 6) is 0.303. The molecule has 0 bridgehead atoms. The Balaban J connectivity index is 3.45. The van der Waals surface area contributed by atoms with Crippen molar-refractivity contribution in [2.45, 2.75) is 19.8 Å². The molecule has 0 aromatic rings. The van der Waals surface area contributed by atoms with Crippen LogP contribution in [0.3, 0.4) is 0 Å². The summed E-state index contributed by atoms with van der Waals surface area (Å²) in [5, 5.41) is 0. The van der Waals surface area contributed by atoms with Crippen molar-refractivity contribution in [3.63, 3.8) is 0 Å². The molecule has 0 aliphatic carbocycles. The van der Waals surface area contributed by atoms with E-state index in [0.717, 1.165) is 32.5 Å². The molecule has 1 unspecified atom stereocenters. The van der Waals surface area contributed by atoms with Crippen LogP contribution in [0.4, 0.5) is 0 Å². The highest BCUT2D eigenvalue weighted by Crippen LogP contribution is 2.00. The third kappa shape index (κ3) is 7.24. The number of thiocarbonyl (C=S) groups is 1. The van der Waals surface area contributed by atoms with Gasteiger partial charge in [-0.25, -0.2) is 0 Å². The zero-order chi connectivity index (χ0) is 11.0. The Kier molecular flexibility index (Phi) is 8.04. The summed E-state index contributed by atoms with van der Waals surface area (Å²) in [4.78, 5) is 2.87. The summed E-state index contributed by atoms with van der Waals surface area (Å²) in [7, 11) is 3.83. The predicted octanol–water partition coefficient (Wildman–Crippen LogP) is 1.27. The van der Waals surface area contributed by atoms with Crippen molar-refractivity contribution in [2.75, 3.05) is 33.9 Å². The van der Waals surface area contributed by atoms with Crippen molar-refractivity contribution in [3.8, 4) is 0 Å². The van der Waals surface area contributed by atoms with E-state index in [-0.39, 0.29) is 0 Å². The third-order valence-electron chi connectivity index (χ3n) is 2.21. The van der Waals surface area contributed by atoms with Gasteiger partial charge in [0.15, 0.2) is 0 Å². The molecule has 0 fully saturated rings. The number of unbranched alkanes of at least 4 members (excludes halogenated alkanes) is 1. The smallest absolute Gasteiger partial charge is 0.0768 e. The normalized spacial score (nSPS) is 13.1. The van der Waals surface area contributed by atoms with E-state index in [1.165, 1.54) is 0 Å². The van der Waals surface area contributed by atoms with Gasteiger partial charge >= 0.3 is 0 Å². The fraction of sp³-hybridized carbons (Fsp3) is 0.900. The second-order valence-electron chi connectivity index (χ2n) is 3.77. The van der Waals surface area contributed by atoms with Crippen LogP contribution in [-0.2, 0) is 4.74 Å². The van der Waals surface area contributed by atoms with Crippen molar-refractivity contribution >= 4 is 17.2 Å². The van der Waals surface area contributed by atoms with E-state index >= 15 is 0 Å². The third-order valence-corrected chi connectivity index (χ3v) is 2.61. The first-order valence-electron chi connectivity index (χ1n) is 5.04. The maximum absolute atomic E-state index is 5.55. The summed E-state index contributed by atoms with van der Waals surface area (Å²) < 4.78 is 4.98. The lowest BCUT2D eigenvalue weighted by atomic mass is 10.1. The van der Waals surface area contributed by atoms with Crippen LogP contribution in [0.5, 0.6) is 0 Å². The first-order chi connectivity index (χ1) is 6.57. The first kappa shape index (κ1) is 13.8. The summed E-state index contributed by atoms with van der Waals surface area (Å²) in [5.41, 5.74) is 5.55. The quantitative estimate of drug-likeness (QED) is 0.492. The van der Waals surface area contributed by atoms with Crippen LogP contribution in [0, 0.1) is 5.92 Å². The highest BCUT2D eigenvalue weighted by atomic mass is 32.1. The lowest BCUT2D eigenvalue weighted by Crippen LogP contribution is -2.32. The van der Waals surface area contributed by atoms with E-state index in [0.29, 0.717) is 10.9 Å². The zero-order valence-corrected chi connectivity index (χ0v) is 10.3. The Morgan fingerprint density at radius 3 is 2.64 bits per heavy atom. The Hall–Kier alpha value is -0.190. The molecule has 4 heteroatoms. The molecule has 3 nitrogen and oxygen atoms in total. The molecular weight excluding hydrogens is 196 g/mol. The van der Waals surface area contributed by atoms with Gasteiger partial charge in [0.25, 0.3) is 0 Å². The van der Waals surface area contributed by atoms with Crippen molar-refractivity contribution in [1.29, 1.82) is 0 Å². The SMILES string of the molecule is COCCCCN(C)CC(C)C(N)=S. The van der Waals surface area contributed by atoms with E-state index in [2.05, 4.69) is 18.9 Å². The number of hydrogen-bond acceptors (Lipinski definition) is 3. The number of rotatable bonds is 8. The van der Waals surface area contributed by atoms with Gasteiger partial charge in [-0.15, -0.1) is 0 Å². The Morgan fingerprint density at radius 2 is 2.14 bits per heavy atom. The predicted molar refractivity (Wildman–Crippen MR) is 64.6 cm³/mol. The highest BCUT2D eigenvalue weighted by Gasteiger charge is 2.07. The number of nitrogens with two attached hydrogens (primary N) is 1. The summed E-state index contributed by atoms with van der Waals surface area (Å²) >= 11 is 4.92. The van der Waals surface area contributed by atoms with Crippen LogP contribution >= 0.6 is 12.2 Å². The molecule has 14 heavy (non-hydrogen) atoms. The van der Waals surface area contributed by atoms with Gasteiger partial charge in [-0.3, -0.25) is 0 Å². The lowest BCUT2D eigenvalue weighted by molar-refractivity contribution is 0.186. The van der Waals surface area contributed by atoms with E-state index in [9.17, 15) is 0 Å². The zero-order valence-electron chi connectivity index (χ0n) is 9.45. The van der Waals surface area contributed by atoms with E-state index in [4.69, 9.17) is 22.7 Å². The highest BCUT2D eigenvalue weighted by molar-refractivity contribution is 7.80. The minimum atomic E-state index is 0.303. The van der Waals surface area contributed by atoms with Crippen LogP contribution in [0.25, 0.3) is 0 Å². The molecule has 1 atom stereocenters. The first-order valence-corrected chi connectivity index (χ1v) is 5.45. The summed E-state index contributed by atoms with van der Waals surface area (Å²) in [6.45, 7) is 4.94. The van der Waals surface area contributed by atoms with Gasteiger partial charge in [0.1, 0.15) is 0 Å². The van der Waals surface area contributed by atoms with Crippen LogP contribution in [-0.4, -0.2) is 43.7 Å². The monoisotopic (exact) mass is 218 g/mol. The Labute approximate surface area is 92.6 Å². The van der Waals surface area contributed by atoms with Gasteiger partial charge in [0, 0.05) is 26.2 Å². The molecule has 84 valence electrons. The fourth-order valence-electron chi connectivity index (χ4n) is 1.28. The average molecular weight is 218 g/mol. The second kappa shape index (κ2) is 8.15. The van der Waals surface area contributed by atoms with Gasteiger partial charge in [0.2, 0.25) is 0 Å². The molecule has 0 amide bonds. The lowest BCUT2D eigenvalue weighted by Gasteiger charge is -2.20. The molecule has 0 radical (unpaired) electrons. The fourth-order valence-corrected chi connectivity index (χ4v) is 1.35. The Morgan fingerprint density at radius 1 is 1.50 bits per heavy atom. The summed E-state index contributed by atoms with van der Waals surface area (Å²) in [6, 6.07) is 0. The number of hydrogen-bond donors (Lipinski definition) is 1. The van der Waals surface area contributed by atoms with Crippen LogP contribution in [0.15, 0.2) is 0 Å². The van der Waals surface area contributed by atoms with Crippen molar-refractivity contribution in [2.24, 2.45) is 11.7 Å². The van der Waals surface area contributed by atoms with E-state index < -0.39 is 0 Å². The van der Waals surface area contributed by atoms with Gasteiger partial charge in [-0.1, -0.05) is 19.1 Å². The molecular formula is C10H22N2OS. The molecule has 2 N–H and O–H groups in total. The number of ether oxygens (including phenoxy) is 1. The second-order valence-corrected chi connectivity index (χ2v) is 4.24. The van der Waals surface area contributed by atoms with Crippen LogP contribution < -0.4 is 5.73 Å². The van der Waals surface area contributed by atoms with Gasteiger partial charge < -0.3 is 15.4 Å². The number of nitrogens with zero attached hydrogens (tertiary/aromatic N) is 1. The largest absolute Gasteiger partial charge is 0.393 e. The molecule has 0 aromatic heterocycles. The minimum Gasteiger partial charge on any atom is -0.393 e. The average Bonchev–Trinajstić information content (AvgIpc) is 2.12. The van der Waals surface area contributed by atoms with Gasteiger partial charge in [-0.05, 0) is 26.4 Å². The molecule has 0 aromatic carbocycles. The number of methoxy groups -OCH3 is 1. The standard InChI is InChI=1S/C10H22N2OS/c1-9(10(11)14)8-12(2)6-4-5-7-13-3/h9H,4-8H2,1-3H3,(H2,11,14). The topological polar surface area (TPSA) is 38.5 Å². The van der Waals surface area contributed by atoms with Crippen LogP contribution in [0.1, 0.15) is 19.8 Å². The molecule has 0 rings (SSSR count). The maximum atomic E-state index is 5.55. The Bertz CT molecular complexity index is 164. The van der Waals surface area contributed by atoms with Gasteiger partial charge in [-0.2, -0.15) is 0 Å². The van der Waals surface area contributed by atoms with E-state index in [1.807, 2.05) is 0 Å². The van der Waals surface area contributed by atoms with Crippen molar-refractivity contribution in [3.05, 3.63) is 0 Å². The van der Waals surface area contributed by atoms with Gasteiger partial charge in [0.05, 0.1) is 4.99 Å². The maximum Gasteiger partial charge on any atom is 0.0768 e. The molecule has 0 aliphatic rings. The molecule has 0 heterocycles. The summed E-state index contributed by atoms with van der Waals surface area (Å²) in [6.07, 6.45) is 2.27. The molecule has 0 saturated heterocycles. The van der Waals surface area contributed by atoms with E-state index in [1.54, 1.807) is 7.11 Å². The van der Waals surface area contributed by atoms with Crippen LogP contribution in [0.2, 0.25) is 0 Å². The molecule has 0 spiro atoms. The van der Waals surface area contributed by atoms with Crippen molar-refractivity contribution < 1.29 is 4.74 Å².